The lowest BCUT2D eigenvalue weighted by atomic mass is 9.61. The highest BCUT2D eigenvalue weighted by atomic mass is 16.3. The third kappa shape index (κ3) is 2.33. The Morgan fingerprint density at radius 2 is 2.00 bits per heavy atom. The molecule has 1 aliphatic carbocycles. The van der Waals surface area contributed by atoms with E-state index in [0.29, 0.717) is 5.76 Å². The van der Waals surface area contributed by atoms with E-state index in [1.54, 1.807) is 12.1 Å². The summed E-state index contributed by atoms with van der Waals surface area (Å²) in [5.74, 6) is -3.03. The van der Waals surface area contributed by atoms with E-state index in [1.807, 2.05) is 0 Å². The maximum absolute atomic E-state index is 12.2. The largest absolute Gasteiger partial charge is 0.469 e. The third-order valence-corrected chi connectivity index (χ3v) is 4.01. The van der Waals surface area contributed by atoms with Crippen LogP contribution in [0.25, 0.3) is 0 Å². The lowest BCUT2D eigenvalue weighted by Gasteiger charge is -2.43. The van der Waals surface area contributed by atoms with E-state index < -0.39 is 23.4 Å². The van der Waals surface area contributed by atoms with Gasteiger partial charge in [-0.15, -0.1) is 0 Å². The topological polar surface area (TPSA) is 84.6 Å². The first-order chi connectivity index (χ1) is 9.25. The molecular weight excluding hydrogens is 260 g/mol. The first kappa shape index (κ1) is 14.7. The highest BCUT2D eigenvalue weighted by Gasteiger charge is 2.54. The first-order valence-corrected chi connectivity index (χ1v) is 6.55. The van der Waals surface area contributed by atoms with Crippen molar-refractivity contribution in [2.45, 2.75) is 38.7 Å². The van der Waals surface area contributed by atoms with Crippen LogP contribution in [0.4, 0.5) is 0 Å². The standard InChI is InChI=1S/C15H18O5/c1-8(16)12-10(18)7-15(3,19)14(9(2)17)13(12)11-5-4-6-20-11/h4-6,12-14,19H,7H2,1-3H3/t12-,13+,14+,15+/m1/s1. The van der Waals surface area contributed by atoms with Crippen LogP contribution in [-0.2, 0) is 14.4 Å². The van der Waals surface area contributed by atoms with Crippen molar-refractivity contribution in [3.8, 4) is 0 Å². The summed E-state index contributed by atoms with van der Waals surface area (Å²) in [6.07, 6.45) is 1.23. The van der Waals surface area contributed by atoms with Crippen LogP contribution < -0.4 is 0 Å². The number of Topliss-reactive ketones (excluding diaryl/α,β-unsaturated/α-hetero) is 3. The van der Waals surface area contributed by atoms with Gasteiger partial charge in [0.25, 0.3) is 0 Å². The molecule has 0 aromatic carbocycles. The SMILES string of the molecule is CC(=O)[C@@H]1C(=O)C[C@](C)(O)[C@@H](C(C)=O)[C@H]1c1ccco1. The molecule has 20 heavy (non-hydrogen) atoms. The maximum atomic E-state index is 12.2. The van der Waals surface area contributed by atoms with Crippen molar-refractivity contribution in [3.63, 3.8) is 0 Å². The van der Waals surface area contributed by atoms with E-state index >= 15 is 0 Å². The molecule has 0 spiro atoms. The predicted octanol–water partition coefficient (Wildman–Crippen LogP) is 1.50. The monoisotopic (exact) mass is 278 g/mol. The van der Waals surface area contributed by atoms with Gasteiger partial charge in [0.2, 0.25) is 0 Å². The number of carbonyl (C=O) groups is 3. The molecule has 4 atom stereocenters. The number of carbonyl (C=O) groups excluding carboxylic acids is 3. The zero-order valence-electron chi connectivity index (χ0n) is 11.8. The molecule has 0 radical (unpaired) electrons. The van der Waals surface area contributed by atoms with E-state index in [9.17, 15) is 19.5 Å². The minimum atomic E-state index is -1.47. The highest BCUT2D eigenvalue weighted by Crippen LogP contribution is 2.46. The number of aliphatic hydroxyl groups is 1. The molecule has 1 aliphatic rings. The summed E-state index contributed by atoms with van der Waals surface area (Å²) in [7, 11) is 0. The molecule has 0 bridgehead atoms. The Hall–Kier alpha value is -1.75. The Balaban J connectivity index is 2.58. The van der Waals surface area contributed by atoms with Gasteiger partial charge in [0.15, 0.2) is 0 Å². The molecule has 0 saturated heterocycles. The molecule has 0 aliphatic heterocycles. The zero-order valence-corrected chi connectivity index (χ0v) is 11.8. The average Bonchev–Trinajstić information content (AvgIpc) is 2.77. The van der Waals surface area contributed by atoms with Crippen LogP contribution >= 0.6 is 0 Å². The summed E-state index contributed by atoms with van der Waals surface area (Å²) in [5, 5.41) is 10.4. The van der Waals surface area contributed by atoms with Crippen molar-refractivity contribution in [1.29, 1.82) is 0 Å². The first-order valence-electron chi connectivity index (χ1n) is 6.55. The van der Waals surface area contributed by atoms with Gasteiger partial charge in [0, 0.05) is 12.3 Å². The molecule has 1 aromatic heterocycles. The smallest absolute Gasteiger partial charge is 0.146 e. The second-order valence-corrected chi connectivity index (χ2v) is 5.72. The summed E-state index contributed by atoms with van der Waals surface area (Å²) in [6, 6.07) is 3.27. The molecule has 5 heteroatoms. The fourth-order valence-corrected chi connectivity index (χ4v) is 3.33. The number of hydrogen-bond donors (Lipinski definition) is 1. The average molecular weight is 278 g/mol. The van der Waals surface area contributed by atoms with Crippen LogP contribution in [0.15, 0.2) is 22.8 Å². The maximum Gasteiger partial charge on any atom is 0.146 e. The van der Waals surface area contributed by atoms with Crippen molar-refractivity contribution in [3.05, 3.63) is 24.2 Å². The molecule has 1 saturated carbocycles. The van der Waals surface area contributed by atoms with Crippen LogP contribution in [0.5, 0.6) is 0 Å². The molecule has 0 amide bonds. The number of furan rings is 1. The van der Waals surface area contributed by atoms with E-state index in [0.717, 1.165) is 0 Å². The number of ketones is 3. The molecule has 1 aromatic rings. The van der Waals surface area contributed by atoms with E-state index in [-0.39, 0.29) is 23.8 Å². The number of rotatable bonds is 3. The number of hydrogen-bond acceptors (Lipinski definition) is 5. The molecule has 1 fully saturated rings. The Labute approximate surface area is 117 Å². The molecule has 1 N–H and O–H groups in total. The van der Waals surface area contributed by atoms with E-state index in [4.69, 9.17) is 4.42 Å². The van der Waals surface area contributed by atoms with Crippen LogP contribution in [-0.4, -0.2) is 28.1 Å². The summed E-state index contributed by atoms with van der Waals surface area (Å²) in [4.78, 5) is 36.0. The predicted molar refractivity (Wildman–Crippen MR) is 70.0 cm³/mol. The lowest BCUT2D eigenvalue weighted by molar-refractivity contribution is -0.152. The minimum absolute atomic E-state index is 0.196. The van der Waals surface area contributed by atoms with Gasteiger partial charge in [-0.2, -0.15) is 0 Å². The van der Waals surface area contributed by atoms with Crippen molar-refractivity contribution < 1.29 is 23.9 Å². The highest BCUT2D eigenvalue weighted by molar-refractivity contribution is 6.04. The van der Waals surface area contributed by atoms with Gasteiger partial charge in [-0.25, -0.2) is 0 Å². The van der Waals surface area contributed by atoms with Crippen LogP contribution in [0, 0.1) is 11.8 Å². The second-order valence-electron chi connectivity index (χ2n) is 5.72. The zero-order chi connectivity index (χ0) is 15.1. The lowest BCUT2D eigenvalue weighted by Crippen LogP contribution is -2.53. The quantitative estimate of drug-likeness (QED) is 0.847. The normalized spacial score (nSPS) is 34.0. The molecule has 2 rings (SSSR count). The van der Waals surface area contributed by atoms with Crippen LogP contribution in [0.3, 0.4) is 0 Å². The third-order valence-electron chi connectivity index (χ3n) is 4.01. The van der Waals surface area contributed by atoms with Crippen molar-refractivity contribution in [2.24, 2.45) is 11.8 Å². The van der Waals surface area contributed by atoms with Gasteiger partial charge in [-0.1, -0.05) is 0 Å². The van der Waals surface area contributed by atoms with Crippen molar-refractivity contribution >= 4 is 17.3 Å². The Kier molecular flexibility index (Phi) is 3.65. The van der Waals surface area contributed by atoms with Gasteiger partial charge >= 0.3 is 0 Å². The second kappa shape index (κ2) is 4.98. The minimum Gasteiger partial charge on any atom is -0.469 e. The molecule has 108 valence electrons. The van der Waals surface area contributed by atoms with Crippen LogP contribution in [0.1, 0.15) is 38.9 Å². The Morgan fingerprint density at radius 3 is 2.45 bits per heavy atom. The van der Waals surface area contributed by atoms with Gasteiger partial charge in [-0.05, 0) is 32.9 Å². The van der Waals surface area contributed by atoms with Gasteiger partial charge in [0.05, 0.1) is 23.7 Å². The van der Waals surface area contributed by atoms with Gasteiger partial charge < -0.3 is 9.52 Å². The summed E-state index contributed by atoms with van der Waals surface area (Å²) in [5.41, 5.74) is -1.47. The fourth-order valence-electron chi connectivity index (χ4n) is 3.33. The van der Waals surface area contributed by atoms with Gasteiger partial charge in [0.1, 0.15) is 23.1 Å². The summed E-state index contributed by atoms with van der Waals surface area (Å²) in [6.45, 7) is 4.15. The van der Waals surface area contributed by atoms with Crippen molar-refractivity contribution in [2.75, 3.05) is 0 Å². The fraction of sp³-hybridized carbons (Fsp3) is 0.533. The van der Waals surface area contributed by atoms with Crippen LogP contribution in [0.2, 0.25) is 0 Å². The summed E-state index contributed by atoms with van der Waals surface area (Å²) < 4.78 is 5.31. The Bertz CT molecular complexity index is 541. The molecule has 5 nitrogen and oxygen atoms in total. The summed E-state index contributed by atoms with van der Waals surface area (Å²) >= 11 is 0. The molecule has 1 heterocycles. The van der Waals surface area contributed by atoms with E-state index in [1.165, 1.54) is 27.0 Å². The van der Waals surface area contributed by atoms with E-state index in [2.05, 4.69) is 0 Å². The van der Waals surface area contributed by atoms with Gasteiger partial charge in [-0.3, -0.25) is 14.4 Å². The Morgan fingerprint density at radius 1 is 1.35 bits per heavy atom. The molecule has 0 unspecified atom stereocenters. The molecular formula is C15H18O5. The van der Waals surface area contributed by atoms with Crippen molar-refractivity contribution in [1.82, 2.24) is 0 Å².